The van der Waals surface area contributed by atoms with Gasteiger partial charge in [-0.05, 0) is 12.1 Å². The Bertz CT molecular complexity index is 360. The molecule has 16 heavy (non-hydrogen) atoms. The van der Waals surface area contributed by atoms with Crippen LogP contribution in [0, 0.1) is 0 Å². The maximum Gasteiger partial charge on any atom is 0.153 e. The fourth-order valence-corrected chi connectivity index (χ4v) is 1.23. The monoisotopic (exact) mass is 222 g/mol. The molecule has 1 rings (SSSR count). The molecular weight excluding hydrogens is 208 g/mol. The summed E-state index contributed by atoms with van der Waals surface area (Å²) < 4.78 is 10.3. The predicted octanol–water partition coefficient (Wildman–Crippen LogP) is 1.73. The Morgan fingerprint density at radius 2 is 2.00 bits per heavy atom. The fourth-order valence-electron chi connectivity index (χ4n) is 1.23. The SMILES string of the molecule is COCCCOc1cc(C=O)ccc1C=O. The fraction of sp³-hybridized carbons (Fsp3) is 0.333. The number of carbonyl (C=O) groups is 2. The molecule has 0 aliphatic carbocycles. The van der Waals surface area contributed by atoms with Crippen LogP contribution in [0.4, 0.5) is 0 Å². The van der Waals surface area contributed by atoms with Crippen LogP contribution in [0.15, 0.2) is 18.2 Å². The lowest BCUT2D eigenvalue weighted by molar-refractivity contribution is 0.110. The Hall–Kier alpha value is -1.68. The lowest BCUT2D eigenvalue weighted by Crippen LogP contribution is -2.03. The van der Waals surface area contributed by atoms with Crippen molar-refractivity contribution in [1.29, 1.82) is 0 Å². The number of methoxy groups -OCH3 is 1. The molecular formula is C12H14O4. The molecule has 0 aromatic heterocycles. The standard InChI is InChI=1S/C12H14O4/c1-15-5-2-6-16-12-7-10(8-13)3-4-11(12)9-14/h3-4,7-9H,2,5-6H2,1H3. The van der Waals surface area contributed by atoms with Gasteiger partial charge in [-0.25, -0.2) is 0 Å². The molecule has 0 N–H and O–H groups in total. The second kappa shape index (κ2) is 6.74. The minimum atomic E-state index is 0.440. The second-order valence-electron chi connectivity index (χ2n) is 3.23. The number of aldehydes is 2. The molecule has 0 atom stereocenters. The average Bonchev–Trinajstić information content (AvgIpc) is 2.34. The van der Waals surface area contributed by atoms with Crippen LogP contribution in [-0.4, -0.2) is 32.9 Å². The van der Waals surface area contributed by atoms with Crippen molar-refractivity contribution < 1.29 is 19.1 Å². The molecule has 1 aromatic rings. The molecule has 0 saturated heterocycles. The Balaban J connectivity index is 2.67. The number of hydrogen-bond donors (Lipinski definition) is 0. The summed E-state index contributed by atoms with van der Waals surface area (Å²) in [4.78, 5) is 21.3. The molecule has 0 amide bonds. The summed E-state index contributed by atoms with van der Waals surface area (Å²) in [5.74, 6) is 0.440. The first-order valence-electron chi connectivity index (χ1n) is 4.98. The molecule has 0 aliphatic rings. The topological polar surface area (TPSA) is 52.6 Å². The molecule has 0 spiro atoms. The molecule has 0 fully saturated rings. The lowest BCUT2D eigenvalue weighted by atomic mass is 10.1. The van der Waals surface area contributed by atoms with Crippen molar-refractivity contribution in [2.45, 2.75) is 6.42 Å². The minimum absolute atomic E-state index is 0.440. The highest BCUT2D eigenvalue weighted by Gasteiger charge is 2.04. The lowest BCUT2D eigenvalue weighted by Gasteiger charge is -2.08. The zero-order chi connectivity index (χ0) is 11.8. The summed E-state index contributed by atoms with van der Waals surface area (Å²) in [5, 5.41) is 0. The highest BCUT2D eigenvalue weighted by atomic mass is 16.5. The molecule has 0 heterocycles. The third-order valence-corrected chi connectivity index (χ3v) is 2.05. The van der Waals surface area contributed by atoms with E-state index < -0.39 is 0 Å². The molecule has 4 heteroatoms. The summed E-state index contributed by atoms with van der Waals surface area (Å²) in [7, 11) is 1.61. The summed E-state index contributed by atoms with van der Waals surface area (Å²) in [5.41, 5.74) is 0.940. The number of benzene rings is 1. The first-order chi connectivity index (χ1) is 7.81. The van der Waals surface area contributed by atoms with Gasteiger partial charge in [0.15, 0.2) is 6.29 Å². The van der Waals surface area contributed by atoms with Crippen molar-refractivity contribution in [2.24, 2.45) is 0 Å². The Morgan fingerprint density at radius 3 is 2.62 bits per heavy atom. The van der Waals surface area contributed by atoms with Gasteiger partial charge in [-0.3, -0.25) is 9.59 Å². The smallest absolute Gasteiger partial charge is 0.153 e. The van der Waals surface area contributed by atoms with Crippen molar-refractivity contribution in [2.75, 3.05) is 20.3 Å². The molecule has 4 nitrogen and oxygen atoms in total. The number of rotatable bonds is 7. The van der Waals surface area contributed by atoms with Gasteiger partial charge in [0, 0.05) is 25.7 Å². The van der Waals surface area contributed by atoms with Crippen LogP contribution in [0.1, 0.15) is 27.1 Å². The molecule has 0 unspecified atom stereocenters. The van der Waals surface area contributed by atoms with Crippen molar-refractivity contribution in [3.05, 3.63) is 29.3 Å². The summed E-state index contributed by atoms with van der Waals surface area (Å²) >= 11 is 0. The van der Waals surface area contributed by atoms with E-state index in [-0.39, 0.29) is 0 Å². The van der Waals surface area contributed by atoms with Gasteiger partial charge in [0.2, 0.25) is 0 Å². The van der Waals surface area contributed by atoms with Gasteiger partial charge in [0.1, 0.15) is 12.0 Å². The van der Waals surface area contributed by atoms with Gasteiger partial charge in [-0.15, -0.1) is 0 Å². The zero-order valence-corrected chi connectivity index (χ0v) is 9.14. The van der Waals surface area contributed by atoms with E-state index in [9.17, 15) is 9.59 Å². The second-order valence-corrected chi connectivity index (χ2v) is 3.23. The quantitative estimate of drug-likeness (QED) is 0.520. The summed E-state index contributed by atoms with van der Waals surface area (Å²) in [6.45, 7) is 1.06. The first kappa shape index (κ1) is 12.4. The van der Waals surface area contributed by atoms with Crippen LogP contribution >= 0.6 is 0 Å². The highest BCUT2D eigenvalue weighted by molar-refractivity contribution is 5.83. The van der Waals surface area contributed by atoms with Gasteiger partial charge in [0.25, 0.3) is 0 Å². The van der Waals surface area contributed by atoms with E-state index in [1.54, 1.807) is 25.3 Å². The molecule has 1 aromatic carbocycles. The van der Waals surface area contributed by atoms with E-state index >= 15 is 0 Å². The van der Waals surface area contributed by atoms with Crippen LogP contribution in [0.2, 0.25) is 0 Å². The number of ether oxygens (including phenoxy) is 2. The van der Waals surface area contributed by atoms with E-state index in [0.29, 0.717) is 36.4 Å². The first-order valence-corrected chi connectivity index (χ1v) is 4.98. The van der Waals surface area contributed by atoms with Gasteiger partial charge in [-0.1, -0.05) is 6.07 Å². The molecule has 0 radical (unpaired) electrons. The zero-order valence-electron chi connectivity index (χ0n) is 9.14. The Labute approximate surface area is 94.2 Å². The van der Waals surface area contributed by atoms with E-state index in [1.807, 2.05) is 0 Å². The average molecular weight is 222 g/mol. The summed E-state index contributed by atoms with van der Waals surface area (Å²) in [6, 6.07) is 4.71. The van der Waals surface area contributed by atoms with Crippen LogP contribution < -0.4 is 4.74 Å². The van der Waals surface area contributed by atoms with E-state index in [2.05, 4.69) is 0 Å². The highest BCUT2D eigenvalue weighted by Crippen LogP contribution is 2.18. The van der Waals surface area contributed by atoms with E-state index in [4.69, 9.17) is 9.47 Å². The van der Waals surface area contributed by atoms with Crippen LogP contribution in [0.3, 0.4) is 0 Å². The third-order valence-electron chi connectivity index (χ3n) is 2.05. The van der Waals surface area contributed by atoms with Crippen LogP contribution in [0.25, 0.3) is 0 Å². The minimum Gasteiger partial charge on any atom is -0.493 e. The molecule has 0 aliphatic heterocycles. The predicted molar refractivity (Wildman–Crippen MR) is 59.2 cm³/mol. The van der Waals surface area contributed by atoms with Crippen LogP contribution in [-0.2, 0) is 4.74 Å². The van der Waals surface area contributed by atoms with Gasteiger partial charge in [0.05, 0.1) is 12.2 Å². The van der Waals surface area contributed by atoms with Gasteiger partial charge in [-0.2, -0.15) is 0 Å². The third kappa shape index (κ3) is 3.47. The van der Waals surface area contributed by atoms with Crippen molar-refractivity contribution in [3.63, 3.8) is 0 Å². The number of hydrogen-bond acceptors (Lipinski definition) is 4. The maximum absolute atomic E-state index is 10.7. The van der Waals surface area contributed by atoms with Crippen molar-refractivity contribution in [1.82, 2.24) is 0 Å². The number of carbonyl (C=O) groups excluding carboxylic acids is 2. The van der Waals surface area contributed by atoms with E-state index in [1.165, 1.54) is 0 Å². The molecule has 0 bridgehead atoms. The van der Waals surface area contributed by atoms with Gasteiger partial charge < -0.3 is 9.47 Å². The maximum atomic E-state index is 10.7. The summed E-state index contributed by atoms with van der Waals surface area (Å²) in [6.07, 6.45) is 2.16. The molecule has 86 valence electrons. The van der Waals surface area contributed by atoms with Gasteiger partial charge >= 0.3 is 0 Å². The van der Waals surface area contributed by atoms with E-state index in [0.717, 1.165) is 12.7 Å². The Kier molecular flexibility index (Phi) is 5.22. The van der Waals surface area contributed by atoms with Crippen LogP contribution in [0.5, 0.6) is 5.75 Å². The molecule has 0 saturated carbocycles. The Morgan fingerprint density at radius 1 is 1.19 bits per heavy atom. The normalized spacial score (nSPS) is 9.81. The largest absolute Gasteiger partial charge is 0.493 e. The van der Waals surface area contributed by atoms with Crippen molar-refractivity contribution in [3.8, 4) is 5.75 Å². The van der Waals surface area contributed by atoms with Crippen molar-refractivity contribution >= 4 is 12.6 Å².